The molecule has 0 atom stereocenters. The third kappa shape index (κ3) is 6.78. The fourth-order valence-electron chi connectivity index (χ4n) is 3.31. The van der Waals surface area contributed by atoms with Crippen LogP contribution in [0.25, 0.3) is 0 Å². The van der Waals surface area contributed by atoms with E-state index in [4.69, 9.17) is 4.55 Å². The molecule has 17 nitrogen and oxygen atoms in total. The minimum atomic E-state index is -4.38. The molecule has 0 radical (unpaired) electrons. The molecule has 0 aromatic heterocycles. The third-order valence-corrected chi connectivity index (χ3v) is 7.04. The Bertz CT molecular complexity index is 1620. The Hall–Kier alpha value is -4.72. The van der Waals surface area contributed by atoms with Gasteiger partial charge in [-0.05, 0) is 42.0 Å². The molecule has 0 spiro atoms. The van der Waals surface area contributed by atoms with E-state index < -0.39 is 63.5 Å². The average molecular weight is 584 g/mol. The maximum atomic E-state index is 12.0. The molecule has 19 heteroatoms. The van der Waals surface area contributed by atoms with Gasteiger partial charge in [-0.1, -0.05) is 12.1 Å². The molecule has 0 bridgehead atoms. The van der Waals surface area contributed by atoms with E-state index in [0.717, 1.165) is 24.3 Å². The summed E-state index contributed by atoms with van der Waals surface area (Å²) < 4.78 is 59.9. The Morgan fingerprint density at radius 3 is 1.67 bits per heavy atom. The molecular formula is C20H17N5O12S2. The SMILES string of the molecule is COS(=O)(=O)c1ccc(N(Nc2c([N+](=O)[O-])cc([N+](=O)[O-])cc2[N+](=O)[O-])c2ccc(CS(=O)(=O)O)cc2)cc1. The number of hydrogen-bond donors (Lipinski definition) is 2. The molecule has 0 aliphatic rings. The van der Waals surface area contributed by atoms with Crippen molar-refractivity contribution < 1.29 is 40.3 Å². The van der Waals surface area contributed by atoms with E-state index in [1.54, 1.807) is 0 Å². The summed E-state index contributed by atoms with van der Waals surface area (Å²) in [5.74, 6) is -0.733. The van der Waals surface area contributed by atoms with Crippen LogP contribution in [0.1, 0.15) is 5.56 Å². The first-order valence-corrected chi connectivity index (χ1v) is 13.3. The molecule has 3 aromatic rings. The zero-order valence-electron chi connectivity index (χ0n) is 19.5. The standard InChI is InChI=1S/C20H17N5O12S2/c1-37-39(35,36)17-8-6-15(7-9-17)22(14-4-2-13(3-5-14)12-38(32,33)34)21-20-18(24(28)29)10-16(23(26)27)11-19(20)25(30)31/h2-11,21H,12H2,1H3,(H,32,33,34). The van der Waals surface area contributed by atoms with Crippen molar-refractivity contribution >= 4 is 54.4 Å². The zero-order valence-corrected chi connectivity index (χ0v) is 21.2. The lowest BCUT2D eigenvalue weighted by atomic mass is 10.2. The van der Waals surface area contributed by atoms with Gasteiger partial charge in [0.05, 0.1) is 50.3 Å². The predicted octanol–water partition coefficient (Wildman–Crippen LogP) is 3.30. The van der Waals surface area contributed by atoms with E-state index in [0.29, 0.717) is 12.1 Å². The lowest BCUT2D eigenvalue weighted by Crippen LogP contribution is -2.26. The van der Waals surface area contributed by atoms with Crippen LogP contribution >= 0.6 is 0 Å². The molecule has 0 fully saturated rings. The first kappa shape index (κ1) is 28.8. The first-order chi connectivity index (χ1) is 18.1. The Kier molecular flexibility index (Phi) is 8.10. The number of anilines is 3. The Morgan fingerprint density at radius 2 is 1.28 bits per heavy atom. The highest BCUT2D eigenvalue weighted by Crippen LogP contribution is 2.40. The van der Waals surface area contributed by atoms with Crippen molar-refractivity contribution in [1.29, 1.82) is 0 Å². The highest BCUT2D eigenvalue weighted by molar-refractivity contribution is 7.86. The van der Waals surface area contributed by atoms with E-state index in [2.05, 4.69) is 9.61 Å². The second-order valence-electron chi connectivity index (χ2n) is 7.58. The number of nitrogens with zero attached hydrogens (tertiary/aromatic N) is 4. The number of benzene rings is 3. The topological polar surface area (TPSA) is 242 Å². The lowest BCUT2D eigenvalue weighted by molar-refractivity contribution is -0.401. The van der Waals surface area contributed by atoms with Gasteiger partial charge in [0.1, 0.15) is 5.75 Å². The molecule has 0 aliphatic heterocycles. The number of nitro groups is 3. The van der Waals surface area contributed by atoms with Gasteiger partial charge in [0.25, 0.3) is 25.9 Å². The van der Waals surface area contributed by atoms with Gasteiger partial charge >= 0.3 is 11.4 Å². The molecule has 0 heterocycles. The summed E-state index contributed by atoms with van der Waals surface area (Å²) in [6.07, 6.45) is 0. The lowest BCUT2D eigenvalue weighted by Gasteiger charge is -2.26. The van der Waals surface area contributed by atoms with Crippen molar-refractivity contribution in [3.63, 3.8) is 0 Å². The smallest absolute Gasteiger partial charge is 0.285 e. The normalized spacial score (nSPS) is 11.5. The summed E-state index contributed by atoms with van der Waals surface area (Å²) in [6.45, 7) is 0. The van der Waals surface area contributed by atoms with Crippen LogP contribution < -0.4 is 10.4 Å². The number of hydrazine groups is 1. The second kappa shape index (κ2) is 10.9. The Labute approximate surface area is 219 Å². The van der Waals surface area contributed by atoms with Crippen molar-refractivity contribution in [3.8, 4) is 0 Å². The molecule has 3 aromatic carbocycles. The summed E-state index contributed by atoms with van der Waals surface area (Å²) in [5, 5.41) is 35.7. The number of nitro benzene ring substituents is 3. The maximum absolute atomic E-state index is 12.0. The molecule has 3 rings (SSSR count). The van der Waals surface area contributed by atoms with Gasteiger partial charge in [0, 0.05) is 0 Å². The molecular weight excluding hydrogens is 566 g/mol. The van der Waals surface area contributed by atoms with Crippen LogP contribution in [0.4, 0.5) is 34.1 Å². The summed E-state index contributed by atoms with van der Waals surface area (Å²) in [6, 6.07) is 10.9. The van der Waals surface area contributed by atoms with Gasteiger partial charge < -0.3 is 0 Å². The molecule has 0 aliphatic carbocycles. The van der Waals surface area contributed by atoms with Gasteiger partial charge in [-0.25, -0.2) is 0 Å². The summed E-state index contributed by atoms with van der Waals surface area (Å²) in [4.78, 5) is 31.2. The number of hydrogen-bond acceptors (Lipinski definition) is 13. The van der Waals surface area contributed by atoms with E-state index in [1.165, 1.54) is 36.4 Å². The number of rotatable bonds is 11. The largest absolute Gasteiger partial charge is 0.308 e. The average Bonchev–Trinajstić information content (AvgIpc) is 2.86. The van der Waals surface area contributed by atoms with Crippen LogP contribution in [0.3, 0.4) is 0 Å². The third-order valence-electron chi connectivity index (χ3n) is 5.06. The predicted molar refractivity (Wildman–Crippen MR) is 134 cm³/mol. The van der Waals surface area contributed by atoms with Crippen molar-refractivity contribution in [2.75, 3.05) is 17.5 Å². The minimum Gasteiger partial charge on any atom is -0.285 e. The summed E-state index contributed by atoms with van der Waals surface area (Å²) in [7, 11) is -7.53. The van der Waals surface area contributed by atoms with Crippen molar-refractivity contribution in [2.24, 2.45) is 0 Å². The highest BCUT2D eigenvalue weighted by Gasteiger charge is 2.32. The van der Waals surface area contributed by atoms with Crippen LogP contribution in [0.15, 0.2) is 65.6 Å². The van der Waals surface area contributed by atoms with Crippen LogP contribution in [-0.2, 0) is 30.2 Å². The van der Waals surface area contributed by atoms with Crippen molar-refractivity contribution in [3.05, 3.63) is 96.6 Å². The van der Waals surface area contributed by atoms with Gasteiger partial charge in [0.15, 0.2) is 0 Å². The van der Waals surface area contributed by atoms with Crippen LogP contribution in [0.2, 0.25) is 0 Å². The van der Waals surface area contributed by atoms with E-state index >= 15 is 0 Å². The Morgan fingerprint density at radius 1 is 0.821 bits per heavy atom. The van der Waals surface area contributed by atoms with Gasteiger partial charge in [-0.3, -0.25) is 49.5 Å². The monoisotopic (exact) mass is 583 g/mol. The minimum absolute atomic E-state index is 0.0783. The molecule has 39 heavy (non-hydrogen) atoms. The molecule has 0 saturated carbocycles. The van der Waals surface area contributed by atoms with Gasteiger partial charge in [0.2, 0.25) is 5.69 Å². The summed E-state index contributed by atoms with van der Waals surface area (Å²) in [5.41, 5.74) is -0.843. The quantitative estimate of drug-likeness (QED) is 0.142. The molecule has 2 N–H and O–H groups in total. The van der Waals surface area contributed by atoms with Crippen LogP contribution in [-0.4, -0.2) is 43.3 Å². The second-order valence-corrected chi connectivity index (χ2v) is 10.8. The fraction of sp³-hybridized carbons (Fsp3) is 0.100. The maximum Gasteiger partial charge on any atom is 0.308 e. The van der Waals surface area contributed by atoms with E-state index in [1.807, 2.05) is 0 Å². The summed E-state index contributed by atoms with van der Waals surface area (Å²) >= 11 is 0. The fourth-order valence-corrected chi connectivity index (χ4v) is 4.58. The van der Waals surface area contributed by atoms with Gasteiger partial charge in [-0.15, -0.1) is 0 Å². The Balaban J connectivity index is 2.21. The van der Waals surface area contributed by atoms with Crippen molar-refractivity contribution in [2.45, 2.75) is 10.6 Å². The van der Waals surface area contributed by atoms with Gasteiger partial charge in [-0.2, -0.15) is 16.8 Å². The first-order valence-electron chi connectivity index (χ1n) is 10.3. The molecule has 0 unspecified atom stereocenters. The van der Waals surface area contributed by atoms with E-state index in [9.17, 15) is 47.2 Å². The van der Waals surface area contributed by atoms with Crippen LogP contribution in [0.5, 0.6) is 0 Å². The molecule has 0 saturated heterocycles. The van der Waals surface area contributed by atoms with Crippen LogP contribution in [0, 0.1) is 30.3 Å². The number of non-ortho nitro benzene ring substituents is 1. The van der Waals surface area contributed by atoms with Crippen molar-refractivity contribution in [1.82, 2.24) is 0 Å². The molecule has 206 valence electrons. The van der Waals surface area contributed by atoms with E-state index in [-0.39, 0.29) is 21.8 Å². The zero-order chi connectivity index (χ0) is 29.1. The molecule has 0 amide bonds. The highest BCUT2D eigenvalue weighted by atomic mass is 32.2. The number of nitrogens with one attached hydrogen (secondary N) is 1.